The molecule has 0 bridgehead atoms. The van der Waals surface area contributed by atoms with Crippen LogP contribution in [0.2, 0.25) is 0 Å². The molecule has 2 aromatic carbocycles. The van der Waals surface area contributed by atoms with Crippen molar-refractivity contribution >= 4 is 15.9 Å². The number of piperidine rings is 1. The maximum Gasteiger partial charge on any atom is 0.328 e. The molecule has 1 aromatic heterocycles. The number of benzene rings is 2. The molecule has 1 fully saturated rings. The van der Waals surface area contributed by atoms with Crippen LogP contribution in [0.3, 0.4) is 0 Å². The van der Waals surface area contributed by atoms with E-state index in [0.717, 1.165) is 48.1 Å². The summed E-state index contributed by atoms with van der Waals surface area (Å²) < 4.78 is 8.03. The minimum absolute atomic E-state index is 0.258. The Morgan fingerprint density at radius 3 is 2.48 bits per heavy atom. The van der Waals surface area contributed by atoms with Gasteiger partial charge in [-0.2, -0.15) is 0 Å². The molecule has 1 saturated heterocycles. The van der Waals surface area contributed by atoms with Crippen molar-refractivity contribution in [3.63, 3.8) is 0 Å². The highest BCUT2D eigenvalue weighted by atomic mass is 79.9. The average molecular weight is 512 g/mol. The second-order valence-corrected chi connectivity index (χ2v) is 9.47. The van der Waals surface area contributed by atoms with Crippen molar-refractivity contribution in [3.8, 4) is 5.75 Å². The lowest BCUT2D eigenvalue weighted by molar-refractivity contribution is 0.175. The predicted octanol–water partition coefficient (Wildman–Crippen LogP) is 4.20. The number of likely N-dealkylation sites (tertiary alicyclic amines) is 1. The van der Waals surface area contributed by atoms with E-state index in [2.05, 4.69) is 37.9 Å². The maximum absolute atomic E-state index is 12.6. The third kappa shape index (κ3) is 6.24. The summed E-state index contributed by atoms with van der Waals surface area (Å²) in [4.78, 5) is 30.3. The molecular formula is C26H30BrN3O3. The Morgan fingerprint density at radius 1 is 1.03 bits per heavy atom. The Kier molecular flexibility index (Phi) is 7.83. The van der Waals surface area contributed by atoms with Gasteiger partial charge in [-0.1, -0.05) is 46.3 Å². The molecule has 0 atom stereocenters. The van der Waals surface area contributed by atoms with Crippen molar-refractivity contribution in [2.24, 2.45) is 5.92 Å². The molecule has 0 amide bonds. The molecule has 1 aliphatic heterocycles. The molecule has 7 heteroatoms. The van der Waals surface area contributed by atoms with Crippen LogP contribution in [0.25, 0.3) is 0 Å². The number of halogens is 1. The second-order valence-electron chi connectivity index (χ2n) is 8.62. The van der Waals surface area contributed by atoms with Gasteiger partial charge in [0.15, 0.2) is 0 Å². The van der Waals surface area contributed by atoms with Gasteiger partial charge in [0.05, 0.1) is 13.2 Å². The minimum atomic E-state index is -0.352. The van der Waals surface area contributed by atoms with E-state index in [1.54, 1.807) is 6.07 Å². The Morgan fingerprint density at radius 2 is 1.79 bits per heavy atom. The van der Waals surface area contributed by atoms with Crippen LogP contribution in [0, 0.1) is 5.92 Å². The SMILES string of the molecule is CCOc1ccc(Br)c(CC2CCN(Cc3cc(=O)n(Cc4ccccc4)c(=O)[nH]3)CC2)c1. The summed E-state index contributed by atoms with van der Waals surface area (Å²) >= 11 is 3.67. The van der Waals surface area contributed by atoms with Crippen molar-refractivity contribution < 1.29 is 4.74 Å². The van der Waals surface area contributed by atoms with Gasteiger partial charge < -0.3 is 9.72 Å². The summed E-state index contributed by atoms with van der Waals surface area (Å²) in [5, 5.41) is 0. The van der Waals surface area contributed by atoms with E-state index in [9.17, 15) is 9.59 Å². The van der Waals surface area contributed by atoms with Crippen molar-refractivity contribution in [1.29, 1.82) is 0 Å². The number of hydrogen-bond acceptors (Lipinski definition) is 4. The van der Waals surface area contributed by atoms with Crippen molar-refractivity contribution in [2.75, 3.05) is 19.7 Å². The van der Waals surface area contributed by atoms with Gasteiger partial charge in [0.2, 0.25) is 0 Å². The summed E-state index contributed by atoms with van der Waals surface area (Å²) in [6.07, 6.45) is 3.18. The van der Waals surface area contributed by atoms with E-state index < -0.39 is 0 Å². The average Bonchev–Trinajstić information content (AvgIpc) is 2.81. The van der Waals surface area contributed by atoms with Crippen LogP contribution >= 0.6 is 15.9 Å². The first-order valence-electron chi connectivity index (χ1n) is 11.5. The Bertz CT molecular complexity index is 1150. The first kappa shape index (κ1) is 23.5. The van der Waals surface area contributed by atoms with Gasteiger partial charge in [0.25, 0.3) is 5.56 Å². The van der Waals surface area contributed by atoms with Crippen molar-refractivity contribution in [3.05, 3.63) is 96.7 Å². The number of nitrogens with one attached hydrogen (secondary N) is 1. The Balaban J connectivity index is 1.34. The summed E-state index contributed by atoms with van der Waals surface area (Å²) in [5.74, 6) is 1.52. The van der Waals surface area contributed by atoms with Crippen LogP contribution in [0.15, 0.2) is 68.7 Å². The lowest BCUT2D eigenvalue weighted by atomic mass is 9.90. The van der Waals surface area contributed by atoms with E-state index in [1.165, 1.54) is 10.1 Å². The number of aromatic amines is 1. The first-order valence-corrected chi connectivity index (χ1v) is 12.3. The lowest BCUT2D eigenvalue weighted by Crippen LogP contribution is -2.38. The van der Waals surface area contributed by atoms with Gasteiger partial charge in [0, 0.05) is 22.8 Å². The quantitative estimate of drug-likeness (QED) is 0.492. The number of rotatable bonds is 8. The van der Waals surface area contributed by atoms with Crippen LogP contribution in [0.4, 0.5) is 0 Å². The summed E-state index contributed by atoms with van der Waals surface area (Å²) in [5.41, 5.74) is 2.28. The molecule has 6 nitrogen and oxygen atoms in total. The van der Waals surface area contributed by atoms with Gasteiger partial charge in [-0.25, -0.2) is 4.79 Å². The normalized spacial score (nSPS) is 15.0. The fourth-order valence-electron chi connectivity index (χ4n) is 4.43. The number of nitrogens with zero attached hydrogens (tertiary/aromatic N) is 2. The molecule has 1 aliphatic rings. The molecule has 0 saturated carbocycles. The monoisotopic (exact) mass is 511 g/mol. The zero-order valence-corrected chi connectivity index (χ0v) is 20.5. The van der Waals surface area contributed by atoms with Crippen molar-refractivity contribution in [2.45, 2.75) is 39.3 Å². The Hall–Kier alpha value is -2.64. The minimum Gasteiger partial charge on any atom is -0.494 e. The van der Waals surface area contributed by atoms with Gasteiger partial charge in [0.1, 0.15) is 5.75 Å². The lowest BCUT2D eigenvalue weighted by Gasteiger charge is -2.32. The molecule has 0 spiro atoms. The van der Waals surface area contributed by atoms with Crippen LogP contribution in [-0.2, 0) is 19.5 Å². The van der Waals surface area contributed by atoms with Gasteiger partial charge in [-0.05, 0) is 74.5 Å². The van der Waals surface area contributed by atoms with E-state index >= 15 is 0 Å². The third-order valence-electron chi connectivity index (χ3n) is 6.20. The largest absolute Gasteiger partial charge is 0.494 e. The molecule has 174 valence electrons. The number of hydrogen-bond donors (Lipinski definition) is 1. The standard InChI is InChI=1S/C26H30BrN3O3/c1-2-33-23-8-9-24(27)21(15-23)14-19-10-12-29(13-11-19)18-22-16-25(31)30(26(32)28-22)17-20-6-4-3-5-7-20/h3-9,15-16,19H,2,10-14,17-18H2,1H3,(H,28,32). The van der Waals surface area contributed by atoms with Gasteiger partial charge in [-0.15, -0.1) is 0 Å². The number of aromatic nitrogens is 2. The van der Waals surface area contributed by atoms with Crippen molar-refractivity contribution in [1.82, 2.24) is 14.5 Å². The third-order valence-corrected chi connectivity index (χ3v) is 6.97. The molecule has 3 aromatic rings. The van der Waals surface area contributed by atoms with E-state index in [-0.39, 0.29) is 17.8 Å². The van der Waals surface area contributed by atoms with E-state index in [0.29, 0.717) is 24.8 Å². The maximum atomic E-state index is 12.6. The van der Waals surface area contributed by atoms with E-state index in [1.807, 2.05) is 43.3 Å². The first-order chi connectivity index (χ1) is 16.0. The summed E-state index contributed by atoms with van der Waals surface area (Å²) in [6.45, 7) is 5.42. The molecular weight excluding hydrogens is 482 g/mol. The fraction of sp³-hybridized carbons (Fsp3) is 0.385. The number of ether oxygens (including phenoxy) is 1. The van der Waals surface area contributed by atoms with Gasteiger partial charge >= 0.3 is 5.69 Å². The molecule has 2 heterocycles. The Labute approximate surface area is 202 Å². The zero-order chi connectivity index (χ0) is 23.2. The van der Waals surface area contributed by atoms with Crippen LogP contribution in [0.5, 0.6) is 5.75 Å². The van der Waals surface area contributed by atoms with E-state index in [4.69, 9.17) is 4.74 Å². The van der Waals surface area contributed by atoms with Crippen LogP contribution < -0.4 is 16.0 Å². The highest BCUT2D eigenvalue weighted by Gasteiger charge is 2.21. The molecule has 0 unspecified atom stereocenters. The smallest absolute Gasteiger partial charge is 0.328 e. The predicted molar refractivity (Wildman–Crippen MR) is 134 cm³/mol. The van der Waals surface area contributed by atoms with Crippen LogP contribution in [0.1, 0.15) is 36.6 Å². The molecule has 0 aliphatic carbocycles. The van der Waals surface area contributed by atoms with Crippen LogP contribution in [-0.4, -0.2) is 34.1 Å². The fourth-order valence-corrected chi connectivity index (χ4v) is 4.84. The molecule has 33 heavy (non-hydrogen) atoms. The summed E-state index contributed by atoms with van der Waals surface area (Å²) in [6, 6.07) is 17.3. The molecule has 1 N–H and O–H groups in total. The number of H-pyrrole nitrogens is 1. The topological polar surface area (TPSA) is 67.3 Å². The molecule has 0 radical (unpaired) electrons. The highest BCUT2D eigenvalue weighted by Crippen LogP contribution is 2.29. The summed E-state index contributed by atoms with van der Waals surface area (Å²) in [7, 11) is 0. The highest BCUT2D eigenvalue weighted by molar-refractivity contribution is 9.10. The van der Waals surface area contributed by atoms with Gasteiger partial charge in [-0.3, -0.25) is 14.3 Å². The molecule has 4 rings (SSSR count). The zero-order valence-electron chi connectivity index (χ0n) is 18.9. The second kappa shape index (κ2) is 11.0.